The third-order valence-electron chi connectivity index (χ3n) is 2.29. The van der Waals surface area contributed by atoms with Gasteiger partial charge in [-0.3, -0.25) is 4.90 Å². The van der Waals surface area contributed by atoms with E-state index in [1.54, 1.807) is 0 Å². The van der Waals surface area contributed by atoms with Crippen LogP contribution in [0.1, 0.15) is 20.3 Å². The average molecular weight is 187 g/mol. The van der Waals surface area contributed by atoms with Gasteiger partial charge in [-0.15, -0.1) is 0 Å². The molecule has 1 saturated heterocycles. The van der Waals surface area contributed by atoms with Gasteiger partial charge in [0.2, 0.25) is 0 Å². The highest BCUT2D eigenvalue weighted by Gasteiger charge is 2.15. The first kappa shape index (κ1) is 11.0. The molecule has 78 valence electrons. The van der Waals surface area contributed by atoms with E-state index < -0.39 is 0 Å². The highest BCUT2D eigenvalue weighted by molar-refractivity contribution is 4.67. The van der Waals surface area contributed by atoms with Crippen molar-refractivity contribution in [2.75, 3.05) is 39.5 Å². The first-order chi connectivity index (χ1) is 6.33. The van der Waals surface area contributed by atoms with Crippen molar-refractivity contribution in [3.05, 3.63) is 0 Å². The van der Waals surface area contributed by atoms with E-state index in [-0.39, 0.29) is 0 Å². The number of rotatable bonds is 5. The molecule has 1 rings (SSSR count). The normalized spacial score (nSPS) is 24.9. The second-order valence-corrected chi connectivity index (χ2v) is 3.53. The van der Waals surface area contributed by atoms with E-state index in [1.165, 1.54) is 0 Å². The van der Waals surface area contributed by atoms with Crippen molar-refractivity contribution >= 4 is 0 Å². The minimum absolute atomic E-state index is 0.404. The van der Waals surface area contributed by atoms with E-state index in [9.17, 15) is 0 Å². The molecule has 0 N–H and O–H groups in total. The summed E-state index contributed by atoms with van der Waals surface area (Å²) in [6.07, 6.45) is 1.54. The monoisotopic (exact) mass is 187 g/mol. The average Bonchev–Trinajstić information content (AvgIpc) is 2.13. The van der Waals surface area contributed by atoms with E-state index in [0.717, 1.165) is 45.9 Å². The Morgan fingerprint density at radius 2 is 2.38 bits per heavy atom. The summed E-state index contributed by atoms with van der Waals surface area (Å²) in [7, 11) is 0. The molecule has 0 saturated carbocycles. The molecule has 3 nitrogen and oxygen atoms in total. The van der Waals surface area contributed by atoms with Crippen molar-refractivity contribution in [2.24, 2.45) is 0 Å². The fourth-order valence-corrected chi connectivity index (χ4v) is 1.63. The summed E-state index contributed by atoms with van der Waals surface area (Å²) in [6.45, 7) is 10.1. The second-order valence-electron chi connectivity index (χ2n) is 3.53. The Kier molecular flexibility index (Phi) is 5.35. The van der Waals surface area contributed by atoms with Gasteiger partial charge in [-0.25, -0.2) is 0 Å². The number of morpholine rings is 1. The molecule has 1 aliphatic rings. The largest absolute Gasteiger partial charge is 0.382 e. The van der Waals surface area contributed by atoms with E-state index in [4.69, 9.17) is 9.47 Å². The smallest absolute Gasteiger partial charge is 0.0674 e. The van der Waals surface area contributed by atoms with Crippen LogP contribution in [0.25, 0.3) is 0 Å². The van der Waals surface area contributed by atoms with Crippen LogP contribution in [0.4, 0.5) is 0 Å². The Labute approximate surface area is 81.0 Å². The SMILES string of the molecule is CCOCCCN1CCOC(C)C1. The van der Waals surface area contributed by atoms with Gasteiger partial charge in [-0.1, -0.05) is 0 Å². The predicted octanol–water partition coefficient (Wildman–Crippen LogP) is 1.13. The molecule has 0 bridgehead atoms. The molecule has 0 aromatic carbocycles. The van der Waals surface area contributed by atoms with Crippen molar-refractivity contribution in [2.45, 2.75) is 26.4 Å². The number of nitrogens with zero attached hydrogens (tertiary/aromatic N) is 1. The molecule has 0 spiro atoms. The van der Waals surface area contributed by atoms with Crippen LogP contribution in [-0.4, -0.2) is 50.5 Å². The van der Waals surface area contributed by atoms with Crippen molar-refractivity contribution < 1.29 is 9.47 Å². The summed E-state index contributed by atoms with van der Waals surface area (Å²) in [6, 6.07) is 0. The lowest BCUT2D eigenvalue weighted by atomic mass is 10.3. The van der Waals surface area contributed by atoms with Crippen molar-refractivity contribution in [1.82, 2.24) is 4.90 Å². The Morgan fingerprint density at radius 1 is 1.54 bits per heavy atom. The number of ether oxygens (including phenoxy) is 2. The van der Waals surface area contributed by atoms with Gasteiger partial charge < -0.3 is 9.47 Å². The summed E-state index contributed by atoms with van der Waals surface area (Å²) < 4.78 is 10.8. The lowest BCUT2D eigenvalue weighted by Crippen LogP contribution is -2.41. The molecule has 0 radical (unpaired) electrons. The van der Waals surface area contributed by atoms with Crippen LogP contribution in [0.15, 0.2) is 0 Å². The van der Waals surface area contributed by atoms with Crippen LogP contribution in [0, 0.1) is 0 Å². The molecule has 0 aromatic heterocycles. The van der Waals surface area contributed by atoms with E-state index in [1.807, 2.05) is 6.92 Å². The highest BCUT2D eigenvalue weighted by Crippen LogP contribution is 2.04. The molecule has 1 unspecified atom stereocenters. The van der Waals surface area contributed by atoms with Crippen LogP contribution >= 0.6 is 0 Å². The van der Waals surface area contributed by atoms with Crippen molar-refractivity contribution in [3.63, 3.8) is 0 Å². The number of hydrogen-bond acceptors (Lipinski definition) is 3. The molecular weight excluding hydrogens is 166 g/mol. The summed E-state index contributed by atoms with van der Waals surface area (Å²) >= 11 is 0. The zero-order chi connectivity index (χ0) is 9.52. The molecule has 0 aromatic rings. The predicted molar refractivity (Wildman–Crippen MR) is 53.0 cm³/mol. The van der Waals surface area contributed by atoms with Crippen molar-refractivity contribution in [3.8, 4) is 0 Å². The molecule has 1 atom stereocenters. The molecule has 1 fully saturated rings. The maximum Gasteiger partial charge on any atom is 0.0674 e. The lowest BCUT2D eigenvalue weighted by molar-refractivity contribution is -0.0206. The Morgan fingerprint density at radius 3 is 3.08 bits per heavy atom. The minimum atomic E-state index is 0.404. The third-order valence-corrected chi connectivity index (χ3v) is 2.29. The van der Waals surface area contributed by atoms with Gasteiger partial charge in [-0.2, -0.15) is 0 Å². The lowest BCUT2D eigenvalue weighted by Gasteiger charge is -2.30. The summed E-state index contributed by atoms with van der Waals surface area (Å²) in [5.74, 6) is 0. The summed E-state index contributed by atoms with van der Waals surface area (Å²) in [4.78, 5) is 2.45. The first-order valence-electron chi connectivity index (χ1n) is 5.24. The zero-order valence-corrected chi connectivity index (χ0v) is 8.79. The number of hydrogen-bond donors (Lipinski definition) is 0. The van der Waals surface area contributed by atoms with Gasteiger partial charge in [0.15, 0.2) is 0 Å². The summed E-state index contributed by atoms with van der Waals surface area (Å²) in [5, 5.41) is 0. The molecular formula is C10H21NO2. The van der Waals surface area contributed by atoms with Gasteiger partial charge >= 0.3 is 0 Å². The Balaban J connectivity index is 2.00. The van der Waals surface area contributed by atoms with Crippen molar-refractivity contribution in [1.29, 1.82) is 0 Å². The zero-order valence-electron chi connectivity index (χ0n) is 8.79. The Hall–Kier alpha value is -0.120. The van der Waals surface area contributed by atoms with Gasteiger partial charge in [0.05, 0.1) is 12.7 Å². The standard InChI is InChI=1S/C10H21NO2/c1-3-12-7-4-5-11-6-8-13-10(2)9-11/h10H,3-9H2,1-2H3. The van der Waals surface area contributed by atoms with Crippen LogP contribution < -0.4 is 0 Å². The van der Waals surface area contributed by atoms with Crippen LogP contribution in [0.5, 0.6) is 0 Å². The van der Waals surface area contributed by atoms with E-state index in [0.29, 0.717) is 6.10 Å². The van der Waals surface area contributed by atoms with Gasteiger partial charge in [-0.05, 0) is 20.3 Å². The van der Waals surface area contributed by atoms with Crippen LogP contribution in [0.2, 0.25) is 0 Å². The van der Waals surface area contributed by atoms with Gasteiger partial charge in [0.25, 0.3) is 0 Å². The van der Waals surface area contributed by atoms with Gasteiger partial charge in [0, 0.05) is 32.8 Å². The molecule has 0 amide bonds. The second kappa shape index (κ2) is 6.35. The van der Waals surface area contributed by atoms with Gasteiger partial charge in [0.1, 0.15) is 0 Å². The Bertz CT molecular complexity index is 130. The topological polar surface area (TPSA) is 21.7 Å². The van der Waals surface area contributed by atoms with E-state index >= 15 is 0 Å². The van der Waals surface area contributed by atoms with E-state index in [2.05, 4.69) is 11.8 Å². The third kappa shape index (κ3) is 4.60. The molecule has 1 heterocycles. The van der Waals surface area contributed by atoms with Crippen LogP contribution in [-0.2, 0) is 9.47 Å². The summed E-state index contributed by atoms with van der Waals surface area (Å²) in [5.41, 5.74) is 0. The highest BCUT2D eigenvalue weighted by atomic mass is 16.5. The molecule has 3 heteroatoms. The van der Waals surface area contributed by atoms with Crippen LogP contribution in [0.3, 0.4) is 0 Å². The fourth-order valence-electron chi connectivity index (χ4n) is 1.63. The fraction of sp³-hybridized carbons (Fsp3) is 1.00. The maximum absolute atomic E-state index is 5.46. The minimum Gasteiger partial charge on any atom is -0.382 e. The molecule has 0 aliphatic carbocycles. The molecule has 13 heavy (non-hydrogen) atoms. The first-order valence-corrected chi connectivity index (χ1v) is 5.24. The quantitative estimate of drug-likeness (QED) is 0.602. The maximum atomic E-state index is 5.46. The molecule has 1 aliphatic heterocycles.